The molecule has 0 spiro atoms. The topological polar surface area (TPSA) is 92.7 Å². The summed E-state index contributed by atoms with van der Waals surface area (Å²) in [6, 6.07) is 2.72. The Morgan fingerprint density at radius 1 is 1.52 bits per heavy atom. The molecule has 116 valence electrons. The number of benzene rings is 1. The largest absolute Gasteiger partial charge is 0.497 e. The monoisotopic (exact) mass is 333 g/mol. The molecule has 21 heavy (non-hydrogen) atoms. The molecular weight excluding hydrogens is 318 g/mol. The van der Waals surface area contributed by atoms with E-state index in [0.29, 0.717) is 11.3 Å². The van der Waals surface area contributed by atoms with Gasteiger partial charge in [0, 0.05) is 6.07 Å². The molecule has 2 N–H and O–H groups in total. The first-order valence-electron chi connectivity index (χ1n) is 5.90. The summed E-state index contributed by atoms with van der Waals surface area (Å²) >= 11 is 5.90. The zero-order valence-electron chi connectivity index (χ0n) is 11.6. The molecule has 0 radical (unpaired) electrons. The Bertz CT molecular complexity index is 657. The molecule has 1 rings (SSSR count). The van der Waals surface area contributed by atoms with Gasteiger partial charge in [-0.25, -0.2) is 8.42 Å². The number of carboxylic acid groups (broad SMARTS) is 1. The first-order valence-corrected chi connectivity index (χ1v) is 7.76. The van der Waals surface area contributed by atoms with Gasteiger partial charge >= 0.3 is 5.97 Å². The molecule has 8 heteroatoms. The normalized spacial score (nSPS) is 12.7. The van der Waals surface area contributed by atoms with Gasteiger partial charge in [0.25, 0.3) is 0 Å². The molecule has 0 saturated heterocycles. The van der Waals surface area contributed by atoms with Crippen molar-refractivity contribution in [3.05, 3.63) is 35.4 Å². The number of rotatable bonds is 7. The molecule has 0 saturated carbocycles. The summed E-state index contributed by atoms with van der Waals surface area (Å²) in [5.41, 5.74) is 0.547. The maximum absolute atomic E-state index is 12.2. The maximum atomic E-state index is 12.2. The number of hydrogen-bond donors (Lipinski definition) is 2. The van der Waals surface area contributed by atoms with E-state index in [-0.39, 0.29) is 16.3 Å². The lowest BCUT2D eigenvalue weighted by Crippen LogP contribution is -2.40. The van der Waals surface area contributed by atoms with Gasteiger partial charge in [-0.3, -0.25) is 4.79 Å². The third-order valence-corrected chi connectivity index (χ3v) is 4.53. The van der Waals surface area contributed by atoms with Crippen molar-refractivity contribution in [1.29, 1.82) is 0 Å². The molecule has 0 aliphatic heterocycles. The minimum Gasteiger partial charge on any atom is -0.497 e. The van der Waals surface area contributed by atoms with Crippen LogP contribution in [0, 0.1) is 0 Å². The van der Waals surface area contributed by atoms with E-state index < -0.39 is 22.0 Å². The van der Waals surface area contributed by atoms with Gasteiger partial charge in [0.2, 0.25) is 10.0 Å². The van der Waals surface area contributed by atoms with E-state index in [4.69, 9.17) is 21.4 Å². The van der Waals surface area contributed by atoms with Crippen molar-refractivity contribution in [1.82, 2.24) is 4.72 Å². The van der Waals surface area contributed by atoms with Gasteiger partial charge in [0.05, 0.1) is 12.1 Å². The Morgan fingerprint density at radius 3 is 2.57 bits per heavy atom. The van der Waals surface area contributed by atoms with E-state index in [1.165, 1.54) is 25.3 Å². The van der Waals surface area contributed by atoms with Crippen molar-refractivity contribution in [3.8, 4) is 5.75 Å². The van der Waals surface area contributed by atoms with Gasteiger partial charge < -0.3 is 9.84 Å². The van der Waals surface area contributed by atoms with Gasteiger partial charge in [-0.2, -0.15) is 4.72 Å². The van der Waals surface area contributed by atoms with Crippen molar-refractivity contribution < 1.29 is 23.1 Å². The number of aliphatic carboxylic acids is 1. The van der Waals surface area contributed by atoms with Crippen LogP contribution >= 0.6 is 11.6 Å². The van der Waals surface area contributed by atoms with E-state index in [9.17, 15) is 13.2 Å². The Hall–Kier alpha value is -1.57. The highest BCUT2D eigenvalue weighted by atomic mass is 35.5. The van der Waals surface area contributed by atoms with Crippen LogP contribution in [0.1, 0.15) is 13.3 Å². The van der Waals surface area contributed by atoms with E-state index in [1.54, 1.807) is 6.92 Å². The third-order valence-electron chi connectivity index (χ3n) is 2.58. The summed E-state index contributed by atoms with van der Waals surface area (Å²) in [6.07, 6.45) is -0.0116. The Morgan fingerprint density at radius 2 is 2.14 bits per heavy atom. The summed E-state index contributed by atoms with van der Waals surface area (Å²) in [5, 5.41) is 9.01. The smallest absolute Gasteiger partial charge is 0.322 e. The zero-order valence-corrected chi connectivity index (χ0v) is 13.2. The van der Waals surface area contributed by atoms with Gasteiger partial charge in [-0.15, -0.1) is 6.58 Å². The van der Waals surface area contributed by atoms with E-state index in [0.717, 1.165) is 0 Å². The minimum absolute atomic E-state index is 0.0116. The van der Waals surface area contributed by atoms with Crippen LogP contribution in [-0.4, -0.2) is 32.6 Å². The van der Waals surface area contributed by atoms with Crippen LogP contribution in [0.4, 0.5) is 0 Å². The average molecular weight is 334 g/mol. The Kier molecular flexibility index (Phi) is 5.77. The molecule has 0 heterocycles. The number of nitrogens with one attached hydrogen (secondary N) is 1. The summed E-state index contributed by atoms with van der Waals surface area (Å²) in [7, 11) is -2.64. The van der Waals surface area contributed by atoms with Crippen molar-refractivity contribution in [2.24, 2.45) is 0 Å². The van der Waals surface area contributed by atoms with Gasteiger partial charge in [0.1, 0.15) is 16.7 Å². The van der Waals surface area contributed by atoms with Gasteiger partial charge in [0.15, 0.2) is 0 Å². The standard InChI is InChI=1S/C13H16ClNO5S/c1-8(2)6-11(13(16)17)15-21(18,19)12-5-4-9(20-3)7-10(12)14/h4-5,7,11,15H,1,6H2,2-3H3,(H,16,17). The van der Waals surface area contributed by atoms with Crippen molar-refractivity contribution in [2.75, 3.05) is 7.11 Å². The lowest BCUT2D eigenvalue weighted by Gasteiger charge is -2.15. The molecule has 6 nitrogen and oxygen atoms in total. The number of sulfonamides is 1. The number of methoxy groups -OCH3 is 1. The molecule has 0 aromatic heterocycles. The SMILES string of the molecule is C=C(C)CC(NS(=O)(=O)c1ccc(OC)cc1Cl)C(=O)O. The number of ether oxygens (including phenoxy) is 1. The molecule has 0 aliphatic carbocycles. The van der Waals surface area contributed by atoms with E-state index >= 15 is 0 Å². The second-order valence-electron chi connectivity index (χ2n) is 4.47. The number of halogens is 1. The number of carbonyl (C=O) groups is 1. The van der Waals surface area contributed by atoms with Crippen LogP contribution in [0.5, 0.6) is 5.75 Å². The van der Waals surface area contributed by atoms with Gasteiger partial charge in [-0.05, 0) is 25.5 Å². The Balaban J connectivity index is 3.10. The summed E-state index contributed by atoms with van der Waals surface area (Å²) in [4.78, 5) is 10.9. The van der Waals surface area contributed by atoms with Crippen molar-refractivity contribution in [2.45, 2.75) is 24.3 Å². The summed E-state index contributed by atoms with van der Waals surface area (Å²) in [5.74, 6) is -0.887. The van der Waals surface area contributed by atoms with Gasteiger partial charge in [-0.1, -0.05) is 17.2 Å². The molecule has 1 unspecified atom stereocenters. The molecular formula is C13H16ClNO5S. The van der Waals surface area contributed by atoms with Crippen LogP contribution in [0.25, 0.3) is 0 Å². The fourth-order valence-electron chi connectivity index (χ4n) is 1.61. The fourth-order valence-corrected chi connectivity index (χ4v) is 3.33. The highest BCUT2D eigenvalue weighted by Crippen LogP contribution is 2.26. The summed E-state index contributed by atoms with van der Waals surface area (Å²) < 4.78 is 31.5. The molecule has 1 atom stereocenters. The highest BCUT2D eigenvalue weighted by molar-refractivity contribution is 7.89. The second-order valence-corrected chi connectivity index (χ2v) is 6.56. The molecule has 0 aliphatic rings. The molecule has 0 amide bonds. The van der Waals surface area contributed by atoms with Crippen molar-refractivity contribution >= 4 is 27.6 Å². The third kappa shape index (κ3) is 4.73. The summed E-state index contributed by atoms with van der Waals surface area (Å²) in [6.45, 7) is 5.20. The first-order chi connectivity index (χ1) is 9.67. The second kappa shape index (κ2) is 6.93. The first kappa shape index (κ1) is 17.5. The quantitative estimate of drug-likeness (QED) is 0.745. The zero-order chi connectivity index (χ0) is 16.2. The predicted molar refractivity (Wildman–Crippen MR) is 79.2 cm³/mol. The maximum Gasteiger partial charge on any atom is 0.322 e. The molecule has 0 fully saturated rings. The lowest BCUT2D eigenvalue weighted by atomic mass is 10.1. The molecule has 1 aromatic carbocycles. The van der Waals surface area contributed by atoms with Crippen LogP contribution in [0.15, 0.2) is 35.2 Å². The van der Waals surface area contributed by atoms with E-state index in [1.807, 2.05) is 0 Å². The lowest BCUT2D eigenvalue weighted by molar-refractivity contribution is -0.138. The van der Waals surface area contributed by atoms with Crippen molar-refractivity contribution in [3.63, 3.8) is 0 Å². The van der Waals surface area contributed by atoms with Crippen LogP contribution < -0.4 is 9.46 Å². The van der Waals surface area contributed by atoms with E-state index in [2.05, 4.69) is 11.3 Å². The number of carboxylic acids is 1. The minimum atomic E-state index is -4.07. The molecule has 0 bridgehead atoms. The van der Waals surface area contributed by atoms with Crippen LogP contribution in [0.3, 0.4) is 0 Å². The Labute approximate surface area is 128 Å². The number of hydrogen-bond acceptors (Lipinski definition) is 4. The average Bonchev–Trinajstić information content (AvgIpc) is 2.36. The highest BCUT2D eigenvalue weighted by Gasteiger charge is 2.27. The molecule has 1 aromatic rings. The predicted octanol–water partition coefficient (Wildman–Crippen LogP) is 2.05. The van der Waals surface area contributed by atoms with Crippen LogP contribution in [0.2, 0.25) is 5.02 Å². The fraction of sp³-hybridized carbons (Fsp3) is 0.308. The van der Waals surface area contributed by atoms with Crippen LogP contribution in [-0.2, 0) is 14.8 Å².